The van der Waals surface area contributed by atoms with Crippen molar-refractivity contribution in [1.82, 2.24) is 34.2 Å². The van der Waals surface area contributed by atoms with Crippen LogP contribution in [-0.4, -0.2) is 75.9 Å². The van der Waals surface area contributed by atoms with E-state index in [4.69, 9.17) is 9.47 Å². The van der Waals surface area contributed by atoms with Gasteiger partial charge in [-0.15, -0.1) is 0 Å². The van der Waals surface area contributed by atoms with E-state index in [2.05, 4.69) is 62.6 Å². The average Bonchev–Trinajstić information content (AvgIpc) is 3.44. The number of carbonyl (C=O) groups excluding carboxylic acids is 1. The molecule has 13 heteroatoms. The van der Waals surface area contributed by atoms with Crippen molar-refractivity contribution < 1.29 is 24.5 Å². The van der Waals surface area contributed by atoms with E-state index in [1.54, 1.807) is 0 Å². The predicted molar refractivity (Wildman–Crippen MR) is 160 cm³/mol. The number of amides is 1. The van der Waals surface area contributed by atoms with Crippen LogP contribution >= 0.6 is 0 Å². The van der Waals surface area contributed by atoms with Crippen LogP contribution in [0.4, 0.5) is 5.82 Å². The molecule has 0 radical (unpaired) electrons. The molecule has 1 aromatic carbocycles. The number of aliphatic hydroxyl groups is 2. The van der Waals surface area contributed by atoms with Crippen molar-refractivity contribution in [2.24, 2.45) is 0 Å². The molecule has 4 unspecified atom stereocenters. The van der Waals surface area contributed by atoms with Gasteiger partial charge in [0.05, 0.1) is 6.33 Å². The highest BCUT2D eigenvalue weighted by Gasteiger charge is 2.48. The van der Waals surface area contributed by atoms with Crippen LogP contribution in [-0.2, 0) is 22.6 Å². The topological polar surface area (TPSA) is 161 Å². The molecule has 1 saturated heterocycles. The Labute approximate surface area is 252 Å². The fraction of sp³-hybridized carbons (Fsp3) is 0.387. The Morgan fingerprint density at radius 1 is 1.09 bits per heavy atom. The maximum atomic E-state index is 12.5. The molecule has 4 N–H and O–H groups in total. The summed E-state index contributed by atoms with van der Waals surface area (Å²) in [6.07, 6.45) is 4.19. The molecule has 5 heterocycles. The Balaban J connectivity index is 1.03. The molecule has 5 aromatic rings. The first-order valence-electron chi connectivity index (χ1n) is 14.7. The first-order valence-corrected chi connectivity index (χ1v) is 14.7. The van der Waals surface area contributed by atoms with E-state index < -0.39 is 30.4 Å². The summed E-state index contributed by atoms with van der Waals surface area (Å²) in [5.41, 5.74) is 6.15. The molecule has 1 aliphatic heterocycles. The van der Waals surface area contributed by atoms with Crippen LogP contribution in [0.15, 0.2) is 55.4 Å². The number of aromatic nitrogens is 6. The van der Waals surface area contributed by atoms with Crippen LogP contribution in [0.5, 0.6) is 5.75 Å². The summed E-state index contributed by atoms with van der Waals surface area (Å²) in [5.74, 6) is 0.788. The first kappa shape index (κ1) is 28.2. The standard InChI is InChI=1S/C31H34N8O5/c1-17-5-6-18(2)19(12-17)14-43-22-4-3-11-38-21(13-33-28(22)38)9-10-32-27-23-29(35-15-34-27)39(16-36-23)31-25(41)24(40)26(44-31)30(42)37-20-7-8-20/h3-6,11-13,15-16,20,24-26,31,40-41H,7-10,14H2,1-2H3,(H,37,42)(H,32,34,35). The molecule has 0 spiro atoms. The van der Waals surface area contributed by atoms with Crippen LogP contribution in [0.25, 0.3) is 16.8 Å². The van der Waals surface area contributed by atoms with E-state index in [1.165, 1.54) is 28.3 Å². The molecule has 13 nitrogen and oxygen atoms in total. The number of aliphatic hydroxyl groups excluding tert-OH is 2. The lowest BCUT2D eigenvalue weighted by molar-refractivity contribution is -0.137. The molecule has 4 atom stereocenters. The number of nitrogens with zero attached hydrogens (tertiary/aromatic N) is 6. The zero-order valence-electron chi connectivity index (χ0n) is 24.4. The molecule has 1 saturated carbocycles. The maximum absolute atomic E-state index is 12.5. The molecular formula is C31H34N8O5. The number of nitrogens with one attached hydrogen (secondary N) is 2. The number of benzene rings is 1. The fourth-order valence-electron chi connectivity index (χ4n) is 5.54. The number of anilines is 1. The summed E-state index contributed by atoms with van der Waals surface area (Å²) < 4.78 is 15.5. The van der Waals surface area contributed by atoms with Crippen LogP contribution in [0.3, 0.4) is 0 Å². The minimum absolute atomic E-state index is 0.106. The molecule has 1 aliphatic carbocycles. The number of rotatable bonds is 10. The summed E-state index contributed by atoms with van der Waals surface area (Å²) in [6.45, 7) is 5.15. The first-order chi connectivity index (χ1) is 21.4. The fourth-order valence-corrected chi connectivity index (χ4v) is 5.54. The normalized spacial score (nSPS) is 21.6. The van der Waals surface area contributed by atoms with Gasteiger partial charge < -0.3 is 34.7 Å². The van der Waals surface area contributed by atoms with Crippen molar-refractivity contribution in [3.05, 3.63) is 77.8 Å². The van der Waals surface area contributed by atoms with Crippen LogP contribution in [0.2, 0.25) is 0 Å². The summed E-state index contributed by atoms with van der Waals surface area (Å²) in [7, 11) is 0. The number of carbonyl (C=O) groups is 1. The molecule has 7 rings (SSSR count). The lowest BCUT2D eigenvalue weighted by Crippen LogP contribution is -2.43. The second kappa shape index (κ2) is 11.5. The van der Waals surface area contributed by atoms with E-state index >= 15 is 0 Å². The highest BCUT2D eigenvalue weighted by atomic mass is 16.6. The third-order valence-corrected chi connectivity index (χ3v) is 8.19. The number of imidazole rings is 2. The number of fused-ring (bicyclic) bond motifs is 2. The van der Waals surface area contributed by atoms with E-state index in [1.807, 2.05) is 28.9 Å². The minimum atomic E-state index is -1.38. The van der Waals surface area contributed by atoms with Gasteiger partial charge in [-0.05, 0) is 49.9 Å². The Kier molecular flexibility index (Phi) is 7.36. The van der Waals surface area contributed by atoms with Crippen molar-refractivity contribution in [2.75, 3.05) is 11.9 Å². The van der Waals surface area contributed by atoms with Gasteiger partial charge in [-0.2, -0.15) is 0 Å². The number of pyridine rings is 1. The van der Waals surface area contributed by atoms with Crippen LogP contribution in [0, 0.1) is 13.8 Å². The monoisotopic (exact) mass is 598 g/mol. The summed E-state index contributed by atoms with van der Waals surface area (Å²) in [4.78, 5) is 30.3. The molecular weight excluding hydrogens is 564 g/mol. The van der Waals surface area contributed by atoms with Crippen molar-refractivity contribution in [3.63, 3.8) is 0 Å². The number of hydrogen-bond acceptors (Lipinski definition) is 10. The quantitative estimate of drug-likeness (QED) is 0.188. The Morgan fingerprint density at radius 2 is 1.95 bits per heavy atom. The Morgan fingerprint density at radius 3 is 2.80 bits per heavy atom. The zero-order chi connectivity index (χ0) is 30.4. The maximum Gasteiger partial charge on any atom is 0.252 e. The molecule has 44 heavy (non-hydrogen) atoms. The second-order valence-electron chi connectivity index (χ2n) is 11.5. The summed E-state index contributed by atoms with van der Waals surface area (Å²) >= 11 is 0. The van der Waals surface area contributed by atoms with Crippen molar-refractivity contribution in [1.29, 1.82) is 0 Å². The number of ether oxygens (including phenoxy) is 2. The minimum Gasteiger partial charge on any atom is -0.485 e. The van der Waals surface area contributed by atoms with E-state index in [9.17, 15) is 15.0 Å². The van der Waals surface area contributed by atoms with Gasteiger partial charge in [-0.3, -0.25) is 9.36 Å². The highest BCUT2D eigenvalue weighted by molar-refractivity contribution is 5.83. The van der Waals surface area contributed by atoms with Gasteiger partial charge in [-0.1, -0.05) is 23.8 Å². The zero-order valence-corrected chi connectivity index (χ0v) is 24.4. The van der Waals surface area contributed by atoms with Crippen molar-refractivity contribution in [3.8, 4) is 5.75 Å². The molecule has 0 bridgehead atoms. The smallest absolute Gasteiger partial charge is 0.252 e. The Bertz CT molecular complexity index is 1830. The lowest BCUT2D eigenvalue weighted by atomic mass is 10.1. The molecule has 4 aromatic heterocycles. The van der Waals surface area contributed by atoms with E-state index in [-0.39, 0.29) is 6.04 Å². The van der Waals surface area contributed by atoms with Crippen molar-refractivity contribution in [2.45, 2.75) is 70.3 Å². The van der Waals surface area contributed by atoms with Gasteiger partial charge in [0.25, 0.3) is 5.91 Å². The van der Waals surface area contributed by atoms with Gasteiger partial charge in [0.15, 0.2) is 40.7 Å². The molecule has 2 fully saturated rings. The lowest BCUT2D eigenvalue weighted by Gasteiger charge is -2.16. The molecule has 2 aliphatic rings. The summed E-state index contributed by atoms with van der Waals surface area (Å²) in [6, 6.07) is 10.3. The SMILES string of the molecule is Cc1ccc(C)c(COc2cccn3c(CCNc4ncnc5c4ncn5C4OC(C(=O)NC5CC5)C(O)C4O)cnc23)c1. The van der Waals surface area contributed by atoms with Gasteiger partial charge >= 0.3 is 0 Å². The van der Waals surface area contributed by atoms with E-state index in [0.717, 1.165) is 29.7 Å². The third kappa shape index (κ3) is 5.34. The summed E-state index contributed by atoms with van der Waals surface area (Å²) in [5, 5.41) is 27.4. The van der Waals surface area contributed by atoms with E-state index in [0.29, 0.717) is 42.3 Å². The van der Waals surface area contributed by atoms with Crippen molar-refractivity contribution >= 4 is 28.5 Å². The molecule has 1 amide bonds. The van der Waals surface area contributed by atoms with Gasteiger partial charge in [-0.25, -0.2) is 19.9 Å². The predicted octanol–water partition coefficient (Wildman–Crippen LogP) is 2.22. The van der Waals surface area contributed by atoms with Crippen LogP contribution in [0.1, 0.15) is 41.5 Å². The molecule has 228 valence electrons. The third-order valence-electron chi connectivity index (χ3n) is 8.19. The van der Waals surface area contributed by atoms with Gasteiger partial charge in [0.2, 0.25) is 0 Å². The van der Waals surface area contributed by atoms with Gasteiger partial charge in [0.1, 0.15) is 25.1 Å². The largest absolute Gasteiger partial charge is 0.485 e. The number of hydrogen-bond donors (Lipinski definition) is 4. The van der Waals surface area contributed by atoms with Gasteiger partial charge in [0, 0.05) is 37.1 Å². The van der Waals surface area contributed by atoms with Crippen LogP contribution < -0.4 is 15.4 Å². The number of aryl methyl sites for hydroxylation is 2. The second-order valence-corrected chi connectivity index (χ2v) is 11.5. The highest BCUT2D eigenvalue weighted by Crippen LogP contribution is 2.33. The average molecular weight is 599 g/mol. The Hall–Kier alpha value is -4.59.